The second kappa shape index (κ2) is 6.26. The molecule has 0 fully saturated rings. The van der Waals surface area contributed by atoms with Crippen molar-refractivity contribution in [3.63, 3.8) is 0 Å². The summed E-state index contributed by atoms with van der Waals surface area (Å²) in [5.41, 5.74) is 2.29. The first kappa shape index (κ1) is 13.4. The molecular weight excluding hydrogens is 262 g/mol. The minimum Gasteiger partial charge on any atom is -0.378 e. The van der Waals surface area contributed by atoms with E-state index in [2.05, 4.69) is 45.2 Å². The Labute approximate surface area is 124 Å². The van der Waals surface area contributed by atoms with Crippen LogP contribution in [0.4, 0.5) is 5.69 Å². The lowest BCUT2D eigenvalue weighted by atomic mass is 10.3. The van der Waals surface area contributed by atoms with Crippen LogP contribution in [0.25, 0.3) is 5.82 Å². The van der Waals surface area contributed by atoms with Gasteiger partial charge in [0.1, 0.15) is 0 Å². The normalized spacial score (nSPS) is 10.7. The summed E-state index contributed by atoms with van der Waals surface area (Å²) in [4.78, 5) is 4.41. The van der Waals surface area contributed by atoms with Gasteiger partial charge in [0.15, 0.2) is 5.82 Å². The van der Waals surface area contributed by atoms with Gasteiger partial charge >= 0.3 is 0 Å². The first-order valence-electron chi connectivity index (χ1n) is 7.21. The Balaban J connectivity index is 1.64. The number of aromatic nitrogens is 4. The first-order valence-corrected chi connectivity index (χ1v) is 7.21. The number of aryl methyl sites for hydroxylation is 1. The Bertz CT molecular complexity index is 667. The summed E-state index contributed by atoms with van der Waals surface area (Å²) in [5.74, 6) is 0.819. The zero-order valence-corrected chi connectivity index (χ0v) is 12.1. The van der Waals surface area contributed by atoms with Crippen LogP contribution in [0.5, 0.6) is 0 Å². The van der Waals surface area contributed by atoms with Crippen LogP contribution < -0.4 is 5.32 Å². The highest BCUT2D eigenvalue weighted by Crippen LogP contribution is 2.11. The van der Waals surface area contributed by atoms with E-state index in [1.165, 1.54) is 5.69 Å². The van der Waals surface area contributed by atoms with Gasteiger partial charge < -0.3 is 9.88 Å². The maximum absolute atomic E-state index is 4.41. The first-order chi connectivity index (χ1) is 10.4. The molecule has 1 N–H and O–H groups in total. The SMILES string of the molecule is CCCn1cccc1CNc1ccc(-n2cccn2)nc1. The minimum absolute atomic E-state index is 0.801. The summed E-state index contributed by atoms with van der Waals surface area (Å²) in [6.07, 6.45) is 8.73. The number of rotatable bonds is 6. The molecular formula is C16H19N5. The molecule has 0 spiro atoms. The molecule has 5 heteroatoms. The van der Waals surface area contributed by atoms with Crippen LogP contribution in [0, 0.1) is 0 Å². The molecule has 3 rings (SSSR count). The quantitative estimate of drug-likeness (QED) is 0.755. The van der Waals surface area contributed by atoms with E-state index in [9.17, 15) is 0 Å². The van der Waals surface area contributed by atoms with Crippen molar-refractivity contribution in [1.29, 1.82) is 0 Å². The summed E-state index contributed by atoms with van der Waals surface area (Å²) in [6.45, 7) is 4.05. The van der Waals surface area contributed by atoms with Crippen molar-refractivity contribution in [2.24, 2.45) is 0 Å². The molecule has 0 unspecified atom stereocenters. The van der Waals surface area contributed by atoms with Crippen LogP contribution in [0.15, 0.2) is 55.1 Å². The summed E-state index contributed by atoms with van der Waals surface area (Å²) < 4.78 is 4.02. The van der Waals surface area contributed by atoms with Gasteiger partial charge in [-0.25, -0.2) is 9.67 Å². The predicted molar refractivity (Wildman–Crippen MR) is 83.4 cm³/mol. The fourth-order valence-electron chi connectivity index (χ4n) is 2.29. The standard InChI is InChI=1S/C16H19N5/c1-2-9-20-10-3-5-15(20)13-17-14-6-7-16(18-12-14)21-11-4-8-19-21/h3-8,10-12,17H,2,9,13H2,1H3. The van der Waals surface area contributed by atoms with Gasteiger partial charge in [-0.05, 0) is 36.8 Å². The zero-order valence-electron chi connectivity index (χ0n) is 12.1. The average molecular weight is 281 g/mol. The summed E-state index contributed by atoms with van der Waals surface area (Å²) >= 11 is 0. The molecule has 0 bridgehead atoms. The number of nitrogens with zero attached hydrogens (tertiary/aromatic N) is 4. The molecule has 0 amide bonds. The Morgan fingerprint density at radius 2 is 2.10 bits per heavy atom. The van der Waals surface area contributed by atoms with Crippen molar-refractivity contribution in [2.75, 3.05) is 5.32 Å². The van der Waals surface area contributed by atoms with Crippen LogP contribution in [-0.2, 0) is 13.1 Å². The molecule has 0 atom stereocenters. The van der Waals surface area contributed by atoms with Crippen LogP contribution in [-0.4, -0.2) is 19.3 Å². The van der Waals surface area contributed by atoms with Gasteiger partial charge in [0.25, 0.3) is 0 Å². The minimum atomic E-state index is 0.801. The molecule has 0 aromatic carbocycles. The average Bonchev–Trinajstić information content (AvgIpc) is 3.18. The van der Waals surface area contributed by atoms with E-state index in [0.29, 0.717) is 0 Å². The summed E-state index contributed by atoms with van der Waals surface area (Å²) in [7, 11) is 0. The van der Waals surface area contributed by atoms with Crippen molar-refractivity contribution < 1.29 is 0 Å². The lowest BCUT2D eigenvalue weighted by Crippen LogP contribution is -2.07. The Kier molecular flexibility index (Phi) is 4.00. The smallest absolute Gasteiger partial charge is 0.153 e. The maximum Gasteiger partial charge on any atom is 0.153 e. The lowest BCUT2D eigenvalue weighted by molar-refractivity contribution is 0.654. The van der Waals surface area contributed by atoms with Crippen LogP contribution >= 0.6 is 0 Å². The third kappa shape index (κ3) is 3.13. The molecule has 0 saturated heterocycles. The number of pyridine rings is 1. The van der Waals surface area contributed by atoms with E-state index in [0.717, 1.165) is 31.0 Å². The second-order valence-corrected chi connectivity index (χ2v) is 4.90. The highest BCUT2D eigenvalue weighted by Gasteiger charge is 2.01. The monoisotopic (exact) mass is 281 g/mol. The molecule has 0 aliphatic heterocycles. The lowest BCUT2D eigenvalue weighted by Gasteiger charge is -2.10. The Morgan fingerprint density at radius 1 is 1.14 bits per heavy atom. The Hall–Kier alpha value is -2.56. The molecule has 5 nitrogen and oxygen atoms in total. The van der Waals surface area contributed by atoms with Gasteiger partial charge in [0, 0.05) is 30.8 Å². The molecule has 0 aliphatic carbocycles. The van der Waals surface area contributed by atoms with E-state index < -0.39 is 0 Å². The number of nitrogens with one attached hydrogen (secondary N) is 1. The highest BCUT2D eigenvalue weighted by atomic mass is 15.3. The van der Waals surface area contributed by atoms with Gasteiger partial charge in [-0.3, -0.25) is 0 Å². The highest BCUT2D eigenvalue weighted by molar-refractivity contribution is 5.43. The third-order valence-corrected chi connectivity index (χ3v) is 3.35. The van der Waals surface area contributed by atoms with E-state index in [4.69, 9.17) is 0 Å². The van der Waals surface area contributed by atoms with E-state index in [1.807, 2.05) is 30.6 Å². The zero-order chi connectivity index (χ0) is 14.5. The predicted octanol–water partition coefficient (Wildman–Crippen LogP) is 3.09. The van der Waals surface area contributed by atoms with Gasteiger partial charge in [-0.2, -0.15) is 5.10 Å². The summed E-state index contributed by atoms with van der Waals surface area (Å²) in [6, 6.07) is 10.1. The van der Waals surface area contributed by atoms with Crippen molar-refractivity contribution in [1.82, 2.24) is 19.3 Å². The number of anilines is 1. The fraction of sp³-hybridized carbons (Fsp3) is 0.250. The van der Waals surface area contributed by atoms with Crippen LogP contribution in [0.3, 0.4) is 0 Å². The van der Waals surface area contributed by atoms with Gasteiger partial charge in [0.2, 0.25) is 0 Å². The molecule has 0 aliphatic rings. The maximum atomic E-state index is 4.41. The van der Waals surface area contributed by atoms with Crippen LogP contribution in [0.1, 0.15) is 19.0 Å². The molecule has 108 valence electrons. The molecule has 3 aromatic heterocycles. The summed E-state index contributed by atoms with van der Waals surface area (Å²) in [5, 5.41) is 7.57. The molecule has 0 saturated carbocycles. The molecule has 0 radical (unpaired) electrons. The van der Waals surface area contributed by atoms with Crippen molar-refractivity contribution in [3.05, 3.63) is 60.8 Å². The number of hydrogen-bond donors (Lipinski definition) is 1. The van der Waals surface area contributed by atoms with Crippen molar-refractivity contribution in [3.8, 4) is 5.82 Å². The Morgan fingerprint density at radius 3 is 2.81 bits per heavy atom. The van der Waals surface area contributed by atoms with E-state index in [1.54, 1.807) is 10.9 Å². The van der Waals surface area contributed by atoms with E-state index in [-0.39, 0.29) is 0 Å². The molecule has 21 heavy (non-hydrogen) atoms. The van der Waals surface area contributed by atoms with Crippen LogP contribution in [0.2, 0.25) is 0 Å². The number of hydrogen-bond acceptors (Lipinski definition) is 3. The van der Waals surface area contributed by atoms with E-state index >= 15 is 0 Å². The molecule has 3 aromatic rings. The van der Waals surface area contributed by atoms with Crippen molar-refractivity contribution >= 4 is 5.69 Å². The fourth-order valence-corrected chi connectivity index (χ4v) is 2.29. The van der Waals surface area contributed by atoms with Gasteiger partial charge in [-0.1, -0.05) is 6.92 Å². The van der Waals surface area contributed by atoms with Gasteiger partial charge in [0.05, 0.1) is 18.4 Å². The topological polar surface area (TPSA) is 47.7 Å². The molecule has 3 heterocycles. The van der Waals surface area contributed by atoms with Crippen molar-refractivity contribution in [2.45, 2.75) is 26.4 Å². The van der Waals surface area contributed by atoms with Gasteiger partial charge in [-0.15, -0.1) is 0 Å². The largest absolute Gasteiger partial charge is 0.378 e. The third-order valence-electron chi connectivity index (χ3n) is 3.35. The second-order valence-electron chi connectivity index (χ2n) is 4.90.